The Hall–Kier alpha value is -2.28. The molecular weight excluding hydrogens is 323 g/mol. The summed E-state index contributed by atoms with van der Waals surface area (Å²) in [5.41, 5.74) is -0.765. The summed E-state index contributed by atoms with van der Waals surface area (Å²) in [7, 11) is 0. The van der Waals surface area contributed by atoms with Crippen LogP contribution in [-0.2, 0) is 4.79 Å². The number of carbonyl (C=O) groups is 1. The largest absolute Gasteiger partial charge is 0.378 e. The second-order valence-electron chi connectivity index (χ2n) is 6.91. The first-order valence-electron chi connectivity index (χ1n) is 8.74. The van der Waals surface area contributed by atoms with E-state index in [2.05, 4.69) is 9.97 Å². The van der Waals surface area contributed by atoms with Crippen molar-refractivity contribution in [1.29, 1.82) is 0 Å². The molecule has 1 aromatic heterocycles. The van der Waals surface area contributed by atoms with E-state index in [0.29, 0.717) is 49.2 Å². The van der Waals surface area contributed by atoms with Crippen molar-refractivity contribution in [2.45, 2.75) is 31.3 Å². The number of aromatic nitrogens is 2. The average Bonchev–Trinajstić information content (AvgIpc) is 3.15. The van der Waals surface area contributed by atoms with Gasteiger partial charge in [-0.15, -0.1) is 0 Å². The summed E-state index contributed by atoms with van der Waals surface area (Å²) in [5.74, 6) is 0.0139. The predicted octanol–water partition coefficient (Wildman–Crippen LogP) is 1.72. The molecule has 7 heteroatoms. The lowest BCUT2D eigenvalue weighted by atomic mass is 9.91. The molecule has 0 bridgehead atoms. The van der Waals surface area contributed by atoms with Crippen molar-refractivity contribution in [1.82, 2.24) is 14.9 Å². The third-order valence-corrected chi connectivity index (χ3v) is 5.14. The van der Waals surface area contributed by atoms with Crippen LogP contribution in [0.15, 0.2) is 24.5 Å². The summed E-state index contributed by atoms with van der Waals surface area (Å²) >= 11 is 0. The third-order valence-electron chi connectivity index (χ3n) is 5.14. The van der Waals surface area contributed by atoms with E-state index in [1.165, 1.54) is 18.5 Å². The van der Waals surface area contributed by atoms with Gasteiger partial charge in [0.15, 0.2) is 5.60 Å². The molecule has 4 rings (SSSR count). The Morgan fingerprint density at radius 3 is 2.76 bits per heavy atom. The molecule has 1 unspecified atom stereocenters. The lowest BCUT2D eigenvalue weighted by molar-refractivity contribution is -0.151. The molecular formula is C18H21FN4O2. The molecule has 2 saturated heterocycles. The van der Waals surface area contributed by atoms with E-state index in [9.17, 15) is 14.3 Å². The molecule has 0 spiro atoms. The highest BCUT2D eigenvalue weighted by molar-refractivity contribution is 5.91. The highest BCUT2D eigenvalue weighted by Gasteiger charge is 2.43. The molecule has 1 amide bonds. The molecule has 1 aromatic carbocycles. The molecule has 2 aliphatic heterocycles. The highest BCUT2D eigenvalue weighted by atomic mass is 19.1. The number of β-amino-alcohol motifs (C(OH)–C–C–N with tert-alkyl or cyclic N) is 1. The van der Waals surface area contributed by atoms with E-state index in [4.69, 9.17) is 0 Å². The molecule has 1 N–H and O–H groups in total. The SMILES string of the molecule is O=C(N1CCCC1)C1(O)CCCN(c2ncnc3ccc(F)cc23)C1. The quantitative estimate of drug-likeness (QED) is 0.898. The molecule has 0 radical (unpaired) electrons. The van der Waals surface area contributed by atoms with Crippen LogP contribution in [0.25, 0.3) is 10.9 Å². The number of carbonyl (C=O) groups excluding carboxylic acids is 1. The van der Waals surface area contributed by atoms with E-state index in [0.717, 1.165) is 12.8 Å². The lowest BCUT2D eigenvalue weighted by Gasteiger charge is -2.40. The van der Waals surface area contributed by atoms with Crippen LogP contribution in [0.3, 0.4) is 0 Å². The van der Waals surface area contributed by atoms with Gasteiger partial charge in [0.25, 0.3) is 5.91 Å². The van der Waals surface area contributed by atoms with Gasteiger partial charge in [0.05, 0.1) is 12.1 Å². The number of likely N-dealkylation sites (tertiary alicyclic amines) is 1. The predicted molar refractivity (Wildman–Crippen MR) is 91.7 cm³/mol. The number of halogens is 1. The zero-order chi connectivity index (χ0) is 17.4. The smallest absolute Gasteiger partial charge is 0.256 e. The Bertz CT molecular complexity index is 809. The lowest BCUT2D eigenvalue weighted by Crippen LogP contribution is -2.58. The van der Waals surface area contributed by atoms with Crippen LogP contribution in [0.1, 0.15) is 25.7 Å². The minimum Gasteiger partial charge on any atom is -0.378 e. The first-order chi connectivity index (χ1) is 12.1. The van der Waals surface area contributed by atoms with Crippen molar-refractivity contribution in [3.63, 3.8) is 0 Å². The topological polar surface area (TPSA) is 69.6 Å². The molecule has 1 atom stereocenters. The number of rotatable bonds is 2. The van der Waals surface area contributed by atoms with Crippen molar-refractivity contribution in [3.05, 3.63) is 30.3 Å². The molecule has 0 saturated carbocycles. The molecule has 3 heterocycles. The van der Waals surface area contributed by atoms with Gasteiger partial charge < -0.3 is 14.9 Å². The van der Waals surface area contributed by atoms with E-state index in [1.54, 1.807) is 11.0 Å². The molecule has 2 aromatic rings. The maximum absolute atomic E-state index is 13.7. The second kappa shape index (κ2) is 6.22. The summed E-state index contributed by atoms with van der Waals surface area (Å²) in [6.45, 7) is 2.26. The van der Waals surface area contributed by atoms with Crippen LogP contribution in [0.4, 0.5) is 10.2 Å². The van der Waals surface area contributed by atoms with Crippen LogP contribution >= 0.6 is 0 Å². The van der Waals surface area contributed by atoms with Crippen LogP contribution in [0.5, 0.6) is 0 Å². The van der Waals surface area contributed by atoms with Crippen molar-refractivity contribution in [3.8, 4) is 0 Å². The summed E-state index contributed by atoms with van der Waals surface area (Å²) < 4.78 is 13.7. The van der Waals surface area contributed by atoms with Gasteiger partial charge in [-0.25, -0.2) is 14.4 Å². The Morgan fingerprint density at radius 2 is 1.96 bits per heavy atom. The number of fused-ring (bicyclic) bond motifs is 1. The monoisotopic (exact) mass is 344 g/mol. The molecule has 6 nitrogen and oxygen atoms in total. The van der Waals surface area contributed by atoms with Crippen LogP contribution in [-0.4, -0.2) is 57.7 Å². The number of piperidine rings is 1. The number of amides is 1. The minimum absolute atomic E-state index is 0.172. The maximum atomic E-state index is 13.7. The Kier molecular flexibility index (Phi) is 4.03. The van der Waals surface area contributed by atoms with Crippen LogP contribution < -0.4 is 4.90 Å². The van der Waals surface area contributed by atoms with E-state index >= 15 is 0 Å². The molecule has 0 aliphatic carbocycles. The highest BCUT2D eigenvalue weighted by Crippen LogP contribution is 2.31. The van der Waals surface area contributed by atoms with Gasteiger partial charge in [-0.2, -0.15) is 0 Å². The van der Waals surface area contributed by atoms with Gasteiger partial charge in [-0.1, -0.05) is 0 Å². The van der Waals surface area contributed by atoms with Gasteiger partial charge >= 0.3 is 0 Å². The van der Waals surface area contributed by atoms with Gasteiger partial charge in [0.2, 0.25) is 0 Å². The van der Waals surface area contributed by atoms with Gasteiger partial charge in [0.1, 0.15) is 18.0 Å². The van der Waals surface area contributed by atoms with Gasteiger partial charge in [0, 0.05) is 25.0 Å². The number of anilines is 1. The number of hydrogen-bond donors (Lipinski definition) is 1. The van der Waals surface area contributed by atoms with Crippen LogP contribution in [0, 0.1) is 5.82 Å². The van der Waals surface area contributed by atoms with E-state index in [1.807, 2.05) is 4.90 Å². The number of hydrogen-bond acceptors (Lipinski definition) is 5. The number of aliphatic hydroxyl groups is 1. The minimum atomic E-state index is -1.41. The first-order valence-corrected chi connectivity index (χ1v) is 8.74. The fourth-order valence-electron chi connectivity index (χ4n) is 3.87. The zero-order valence-electron chi connectivity index (χ0n) is 14.0. The first kappa shape index (κ1) is 16.2. The van der Waals surface area contributed by atoms with E-state index in [-0.39, 0.29) is 18.3 Å². The summed E-state index contributed by atoms with van der Waals surface area (Å²) in [6.07, 6.45) is 4.53. The fourth-order valence-corrected chi connectivity index (χ4v) is 3.87. The average molecular weight is 344 g/mol. The summed E-state index contributed by atoms with van der Waals surface area (Å²) in [6, 6.07) is 4.38. The van der Waals surface area contributed by atoms with Crippen LogP contribution in [0.2, 0.25) is 0 Å². The van der Waals surface area contributed by atoms with Gasteiger partial charge in [-0.05, 0) is 43.9 Å². The van der Waals surface area contributed by atoms with Crippen molar-refractivity contribution in [2.24, 2.45) is 0 Å². The van der Waals surface area contributed by atoms with Crippen molar-refractivity contribution < 1.29 is 14.3 Å². The van der Waals surface area contributed by atoms with Crippen molar-refractivity contribution >= 4 is 22.6 Å². The number of nitrogens with zero attached hydrogens (tertiary/aromatic N) is 4. The molecule has 2 aliphatic rings. The van der Waals surface area contributed by atoms with E-state index < -0.39 is 5.60 Å². The molecule has 132 valence electrons. The standard InChI is InChI=1S/C18H21FN4O2/c19-13-4-5-15-14(10-13)16(21-12-20-15)23-9-3-6-18(25,11-23)17(24)22-7-1-2-8-22/h4-5,10,12,25H,1-3,6-9,11H2. The second-order valence-corrected chi connectivity index (χ2v) is 6.91. The molecule has 2 fully saturated rings. The molecule has 25 heavy (non-hydrogen) atoms. The zero-order valence-corrected chi connectivity index (χ0v) is 14.0. The van der Waals surface area contributed by atoms with Gasteiger partial charge in [-0.3, -0.25) is 4.79 Å². The fraction of sp³-hybridized carbons (Fsp3) is 0.500. The summed E-state index contributed by atoms with van der Waals surface area (Å²) in [4.78, 5) is 24.9. The summed E-state index contributed by atoms with van der Waals surface area (Å²) in [5, 5.41) is 11.6. The third kappa shape index (κ3) is 2.93. The normalized spacial score (nSPS) is 24.1. The van der Waals surface area contributed by atoms with Crippen molar-refractivity contribution in [2.75, 3.05) is 31.1 Å². The Balaban J connectivity index is 1.65. The Morgan fingerprint density at radius 1 is 1.16 bits per heavy atom. The number of benzene rings is 1. The Labute approximate surface area is 145 Å². The maximum Gasteiger partial charge on any atom is 0.256 e.